The van der Waals surface area contributed by atoms with Gasteiger partial charge in [-0.25, -0.2) is 4.39 Å². The number of halogens is 2. The summed E-state index contributed by atoms with van der Waals surface area (Å²) in [6.45, 7) is 2.23. The number of ether oxygens (including phenoxy) is 1. The Morgan fingerprint density at radius 1 is 1.50 bits per heavy atom. The van der Waals surface area contributed by atoms with Gasteiger partial charge < -0.3 is 10.1 Å². The molecule has 1 aromatic rings. The summed E-state index contributed by atoms with van der Waals surface area (Å²) in [5, 5.41) is 3.83. The smallest absolute Gasteiger partial charge is 0.123 e. The van der Waals surface area contributed by atoms with Crippen LogP contribution in [0.15, 0.2) is 18.2 Å². The highest BCUT2D eigenvalue weighted by Crippen LogP contribution is 2.17. The predicted octanol–water partition coefficient (Wildman–Crippen LogP) is 2.75. The van der Waals surface area contributed by atoms with Crippen LogP contribution in [0.3, 0.4) is 0 Å². The molecule has 1 aromatic carbocycles. The van der Waals surface area contributed by atoms with Crippen LogP contribution in [0.5, 0.6) is 0 Å². The van der Waals surface area contributed by atoms with Crippen LogP contribution < -0.4 is 5.32 Å². The van der Waals surface area contributed by atoms with E-state index in [-0.39, 0.29) is 5.82 Å². The molecule has 0 aromatic heterocycles. The summed E-state index contributed by atoms with van der Waals surface area (Å²) >= 11 is 5.95. The second-order valence-electron chi connectivity index (χ2n) is 4.00. The molecular formula is C12H15ClFNO. The molecular weight excluding hydrogens is 229 g/mol. The molecule has 0 amide bonds. The topological polar surface area (TPSA) is 21.3 Å². The van der Waals surface area contributed by atoms with Crippen molar-refractivity contribution < 1.29 is 9.13 Å². The van der Waals surface area contributed by atoms with Crippen molar-refractivity contribution in [3.63, 3.8) is 0 Å². The summed E-state index contributed by atoms with van der Waals surface area (Å²) in [6.07, 6.45) is 2.53. The lowest BCUT2D eigenvalue weighted by Crippen LogP contribution is -2.25. The molecule has 1 fully saturated rings. The van der Waals surface area contributed by atoms with Crippen molar-refractivity contribution in [1.29, 1.82) is 0 Å². The maximum atomic E-state index is 13.0. The third-order valence-corrected chi connectivity index (χ3v) is 3.09. The molecule has 16 heavy (non-hydrogen) atoms. The quantitative estimate of drug-likeness (QED) is 0.878. The zero-order valence-corrected chi connectivity index (χ0v) is 9.77. The highest BCUT2D eigenvalue weighted by Gasteiger charge is 2.14. The molecule has 88 valence electrons. The van der Waals surface area contributed by atoms with Gasteiger partial charge in [0.2, 0.25) is 0 Å². The van der Waals surface area contributed by atoms with Gasteiger partial charge >= 0.3 is 0 Å². The molecule has 0 aliphatic carbocycles. The van der Waals surface area contributed by atoms with Crippen molar-refractivity contribution in [3.8, 4) is 0 Å². The molecule has 1 N–H and O–H groups in total. The van der Waals surface area contributed by atoms with Crippen LogP contribution in [-0.4, -0.2) is 19.3 Å². The maximum Gasteiger partial charge on any atom is 0.123 e. The molecule has 0 spiro atoms. The van der Waals surface area contributed by atoms with Gasteiger partial charge in [-0.15, -0.1) is 0 Å². The van der Waals surface area contributed by atoms with E-state index in [1.807, 2.05) is 0 Å². The SMILES string of the molecule is Fc1ccc(Cl)c(CNCC2CCCO2)c1. The average molecular weight is 244 g/mol. The number of nitrogens with one attached hydrogen (secondary N) is 1. The van der Waals surface area contributed by atoms with Crippen molar-refractivity contribution in [2.45, 2.75) is 25.5 Å². The van der Waals surface area contributed by atoms with E-state index in [4.69, 9.17) is 16.3 Å². The lowest BCUT2D eigenvalue weighted by molar-refractivity contribution is 0.110. The second kappa shape index (κ2) is 5.62. The van der Waals surface area contributed by atoms with Crippen molar-refractivity contribution in [1.82, 2.24) is 5.32 Å². The number of hydrogen-bond donors (Lipinski definition) is 1. The highest BCUT2D eigenvalue weighted by molar-refractivity contribution is 6.31. The second-order valence-corrected chi connectivity index (χ2v) is 4.41. The van der Waals surface area contributed by atoms with Crippen LogP contribution in [0.1, 0.15) is 18.4 Å². The Morgan fingerprint density at radius 3 is 3.12 bits per heavy atom. The molecule has 2 rings (SSSR count). The third kappa shape index (κ3) is 3.17. The van der Waals surface area contributed by atoms with Gasteiger partial charge in [0, 0.05) is 24.7 Å². The number of hydrogen-bond acceptors (Lipinski definition) is 2. The molecule has 0 saturated carbocycles. The van der Waals surface area contributed by atoms with E-state index in [0.717, 1.165) is 31.6 Å². The van der Waals surface area contributed by atoms with Crippen LogP contribution in [0, 0.1) is 5.82 Å². The fourth-order valence-corrected chi connectivity index (χ4v) is 2.04. The minimum Gasteiger partial charge on any atom is -0.377 e. The van der Waals surface area contributed by atoms with Gasteiger partial charge in [0.25, 0.3) is 0 Å². The lowest BCUT2D eigenvalue weighted by atomic mass is 10.2. The van der Waals surface area contributed by atoms with Crippen molar-refractivity contribution in [2.24, 2.45) is 0 Å². The van der Waals surface area contributed by atoms with Gasteiger partial charge in [-0.05, 0) is 36.6 Å². The number of rotatable bonds is 4. The van der Waals surface area contributed by atoms with Crippen LogP contribution >= 0.6 is 11.6 Å². The summed E-state index contributed by atoms with van der Waals surface area (Å²) in [4.78, 5) is 0. The third-order valence-electron chi connectivity index (χ3n) is 2.72. The lowest BCUT2D eigenvalue weighted by Gasteiger charge is -2.11. The van der Waals surface area contributed by atoms with Crippen LogP contribution in [0.2, 0.25) is 5.02 Å². The first kappa shape index (κ1) is 11.8. The molecule has 1 aliphatic heterocycles. The molecule has 1 heterocycles. The Hall–Kier alpha value is -0.640. The van der Waals surface area contributed by atoms with Crippen LogP contribution in [0.25, 0.3) is 0 Å². The first-order chi connectivity index (χ1) is 7.75. The molecule has 1 atom stereocenters. The molecule has 1 saturated heterocycles. The van der Waals surface area contributed by atoms with E-state index in [1.54, 1.807) is 6.07 Å². The number of benzene rings is 1. The van der Waals surface area contributed by atoms with Crippen molar-refractivity contribution in [3.05, 3.63) is 34.6 Å². The Balaban J connectivity index is 1.82. The first-order valence-corrected chi connectivity index (χ1v) is 5.90. The standard InChI is InChI=1S/C12H15ClFNO/c13-12-4-3-10(14)6-9(12)7-15-8-11-2-1-5-16-11/h3-4,6,11,15H,1-2,5,7-8H2. The van der Waals surface area contributed by atoms with Crippen LogP contribution in [-0.2, 0) is 11.3 Å². The Labute approximate surface area is 99.7 Å². The minimum atomic E-state index is -0.252. The molecule has 0 bridgehead atoms. The van der Waals surface area contributed by atoms with Gasteiger partial charge in [0.1, 0.15) is 5.82 Å². The van der Waals surface area contributed by atoms with E-state index >= 15 is 0 Å². The fraction of sp³-hybridized carbons (Fsp3) is 0.500. The molecule has 4 heteroatoms. The first-order valence-electron chi connectivity index (χ1n) is 5.52. The van der Waals surface area contributed by atoms with Crippen LogP contribution in [0.4, 0.5) is 4.39 Å². The molecule has 2 nitrogen and oxygen atoms in total. The summed E-state index contributed by atoms with van der Waals surface area (Å²) in [6, 6.07) is 4.41. The van der Waals surface area contributed by atoms with Gasteiger partial charge in [-0.2, -0.15) is 0 Å². The van der Waals surface area contributed by atoms with E-state index in [2.05, 4.69) is 5.32 Å². The average Bonchev–Trinajstić information content (AvgIpc) is 2.76. The molecule has 1 unspecified atom stereocenters. The Morgan fingerprint density at radius 2 is 2.38 bits per heavy atom. The predicted molar refractivity (Wildman–Crippen MR) is 62.1 cm³/mol. The fourth-order valence-electron chi connectivity index (χ4n) is 1.85. The largest absolute Gasteiger partial charge is 0.377 e. The molecule has 0 radical (unpaired) electrons. The molecule has 1 aliphatic rings. The van der Waals surface area contributed by atoms with Crippen molar-refractivity contribution in [2.75, 3.05) is 13.2 Å². The summed E-state index contributed by atoms with van der Waals surface area (Å²) in [5.41, 5.74) is 0.791. The minimum absolute atomic E-state index is 0.252. The Kier molecular flexibility index (Phi) is 4.16. The summed E-state index contributed by atoms with van der Waals surface area (Å²) in [7, 11) is 0. The van der Waals surface area contributed by atoms with Gasteiger partial charge in [0.15, 0.2) is 0 Å². The zero-order valence-electron chi connectivity index (χ0n) is 9.01. The monoisotopic (exact) mass is 243 g/mol. The van der Waals surface area contributed by atoms with E-state index in [0.29, 0.717) is 17.7 Å². The Bertz CT molecular complexity index is 353. The van der Waals surface area contributed by atoms with Crippen molar-refractivity contribution >= 4 is 11.6 Å². The van der Waals surface area contributed by atoms with E-state index < -0.39 is 0 Å². The highest BCUT2D eigenvalue weighted by atomic mass is 35.5. The van der Waals surface area contributed by atoms with E-state index in [1.165, 1.54) is 12.1 Å². The summed E-state index contributed by atoms with van der Waals surface area (Å²) in [5.74, 6) is -0.252. The van der Waals surface area contributed by atoms with Gasteiger partial charge in [0.05, 0.1) is 6.10 Å². The zero-order chi connectivity index (χ0) is 11.4. The van der Waals surface area contributed by atoms with Gasteiger partial charge in [-0.1, -0.05) is 11.6 Å². The van der Waals surface area contributed by atoms with E-state index in [9.17, 15) is 4.39 Å². The normalized spacial score (nSPS) is 20.2. The van der Waals surface area contributed by atoms with Gasteiger partial charge in [-0.3, -0.25) is 0 Å². The summed E-state index contributed by atoms with van der Waals surface area (Å²) < 4.78 is 18.4. The maximum absolute atomic E-state index is 13.0.